The average Bonchev–Trinajstić information content (AvgIpc) is 3.48. The van der Waals surface area contributed by atoms with Gasteiger partial charge in [0.25, 0.3) is 12.4 Å². The van der Waals surface area contributed by atoms with Crippen molar-refractivity contribution in [3.05, 3.63) is 35.4 Å². The molecule has 32 heavy (non-hydrogen) atoms. The number of alkyl halides is 3. The molecule has 3 fully saturated rings. The fourth-order valence-corrected chi connectivity index (χ4v) is 4.81. The minimum atomic E-state index is -4.39. The molecule has 1 aliphatic heterocycles. The van der Waals surface area contributed by atoms with Crippen LogP contribution in [-0.4, -0.2) is 73.2 Å². The summed E-state index contributed by atoms with van der Waals surface area (Å²) in [6, 6.07) is 4.89. The molecule has 1 heterocycles. The van der Waals surface area contributed by atoms with Gasteiger partial charge in [-0.1, -0.05) is 0 Å². The fraction of sp³-hybridized carbons (Fsp3) is 0.652. The molecular formula is C23H31F3N2O4. The Kier molecular flexibility index (Phi) is 7.82. The summed E-state index contributed by atoms with van der Waals surface area (Å²) in [5, 5.41) is 6.89. The van der Waals surface area contributed by atoms with Crippen LogP contribution >= 0.6 is 0 Å². The van der Waals surface area contributed by atoms with E-state index in [0.29, 0.717) is 36.5 Å². The summed E-state index contributed by atoms with van der Waals surface area (Å²) in [7, 11) is 4.16. The summed E-state index contributed by atoms with van der Waals surface area (Å²) in [5.74, 6) is 1.36. The Labute approximate surface area is 186 Å². The maximum atomic E-state index is 12.9. The summed E-state index contributed by atoms with van der Waals surface area (Å²) in [5.41, 5.74) is -0.407. The Morgan fingerprint density at radius 2 is 1.72 bits per heavy atom. The Morgan fingerprint density at radius 1 is 1.16 bits per heavy atom. The van der Waals surface area contributed by atoms with Crippen LogP contribution in [0.1, 0.15) is 41.6 Å². The van der Waals surface area contributed by atoms with Crippen molar-refractivity contribution in [3.63, 3.8) is 0 Å². The standard InChI is InChI=1S/C22H29F3N2O2.CH2O2/c1-26(2)19-9-16-11-27(12-17(16)10-20(19)29-13-14-3-4-14)21(28)15-5-7-18(8-6-15)22(23,24)25;2-1-3/h5-8,14,16-17,19-20H,3-4,9-13H2,1-2H3;1H,(H,2,3)/t16-,17+,19-,20-;/m1./s1. The van der Waals surface area contributed by atoms with Crippen molar-refractivity contribution in [2.75, 3.05) is 33.8 Å². The first kappa shape index (κ1) is 24.5. The van der Waals surface area contributed by atoms with Gasteiger partial charge in [-0.3, -0.25) is 9.59 Å². The number of rotatable bonds is 5. The minimum Gasteiger partial charge on any atom is -0.483 e. The summed E-state index contributed by atoms with van der Waals surface area (Å²) in [6.07, 6.45) is 0.261. The van der Waals surface area contributed by atoms with Crippen LogP contribution < -0.4 is 0 Å². The molecule has 0 radical (unpaired) electrons. The molecule has 178 valence electrons. The lowest BCUT2D eigenvalue weighted by molar-refractivity contribution is -0.137. The van der Waals surface area contributed by atoms with Crippen LogP contribution in [0.25, 0.3) is 0 Å². The van der Waals surface area contributed by atoms with Crippen LogP contribution in [0.2, 0.25) is 0 Å². The van der Waals surface area contributed by atoms with E-state index < -0.39 is 11.7 Å². The number of hydrogen-bond donors (Lipinski definition) is 1. The van der Waals surface area contributed by atoms with Crippen molar-refractivity contribution in [2.45, 2.75) is 44.0 Å². The van der Waals surface area contributed by atoms with Gasteiger partial charge in [0.15, 0.2) is 0 Å². The number of benzene rings is 1. The smallest absolute Gasteiger partial charge is 0.416 e. The molecule has 9 heteroatoms. The third-order valence-corrected chi connectivity index (χ3v) is 6.74. The Bertz CT molecular complexity index is 780. The lowest BCUT2D eigenvalue weighted by Crippen LogP contribution is -2.48. The molecule has 0 bridgehead atoms. The number of ether oxygens (including phenoxy) is 1. The van der Waals surface area contributed by atoms with Crippen LogP contribution in [0.3, 0.4) is 0 Å². The lowest BCUT2D eigenvalue weighted by atomic mass is 9.77. The molecule has 2 aliphatic carbocycles. The Balaban J connectivity index is 0.000000913. The van der Waals surface area contributed by atoms with Gasteiger partial charge >= 0.3 is 6.18 Å². The van der Waals surface area contributed by atoms with E-state index >= 15 is 0 Å². The first-order chi connectivity index (χ1) is 15.1. The summed E-state index contributed by atoms with van der Waals surface area (Å²) >= 11 is 0. The van der Waals surface area contributed by atoms with E-state index in [9.17, 15) is 18.0 Å². The van der Waals surface area contributed by atoms with Crippen molar-refractivity contribution >= 4 is 12.4 Å². The van der Waals surface area contributed by atoms with E-state index in [-0.39, 0.29) is 18.5 Å². The zero-order valence-corrected chi connectivity index (χ0v) is 18.4. The van der Waals surface area contributed by atoms with Crippen molar-refractivity contribution in [1.82, 2.24) is 9.80 Å². The van der Waals surface area contributed by atoms with E-state index in [1.54, 1.807) is 0 Å². The van der Waals surface area contributed by atoms with Crippen molar-refractivity contribution in [2.24, 2.45) is 17.8 Å². The normalized spacial score (nSPS) is 27.5. The van der Waals surface area contributed by atoms with Gasteiger partial charge in [0.05, 0.1) is 11.7 Å². The van der Waals surface area contributed by atoms with E-state index in [2.05, 4.69) is 19.0 Å². The third kappa shape index (κ3) is 6.01. The predicted molar refractivity (Wildman–Crippen MR) is 112 cm³/mol. The van der Waals surface area contributed by atoms with Gasteiger partial charge in [-0.15, -0.1) is 0 Å². The number of likely N-dealkylation sites (tertiary alicyclic amines) is 1. The van der Waals surface area contributed by atoms with Crippen molar-refractivity contribution in [3.8, 4) is 0 Å². The number of amides is 1. The predicted octanol–water partition coefficient (Wildman–Crippen LogP) is 3.61. The average molecular weight is 457 g/mol. The quantitative estimate of drug-likeness (QED) is 0.686. The highest BCUT2D eigenvalue weighted by Gasteiger charge is 2.45. The maximum absolute atomic E-state index is 12.9. The SMILES string of the molecule is CN(C)[C@@H]1C[C@@H]2CN(C(=O)c3ccc(C(F)(F)F)cc3)C[C@@H]2C[C@H]1OCC1CC1.O=CO. The van der Waals surface area contributed by atoms with Crippen LogP contribution in [0.4, 0.5) is 13.2 Å². The van der Waals surface area contributed by atoms with Crippen molar-refractivity contribution < 1.29 is 32.6 Å². The molecular weight excluding hydrogens is 425 g/mol. The first-order valence-corrected chi connectivity index (χ1v) is 11.0. The molecule has 2 saturated carbocycles. The molecule has 0 spiro atoms. The van der Waals surface area contributed by atoms with Crippen LogP contribution in [0.15, 0.2) is 24.3 Å². The van der Waals surface area contributed by atoms with Gasteiger partial charge in [-0.2, -0.15) is 13.2 Å². The number of nitrogens with zero attached hydrogens (tertiary/aromatic N) is 2. The second-order valence-corrected chi connectivity index (χ2v) is 9.23. The molecule has 0 unspecified atom stereocenters. The highest BCUT2D eigenvalue weighted by molar-refractivity contribution is 5.94. The number of likely N-dealkylation sites (N-methyl/N-ethyl adjacent to an activating group) is 1. The zero-order chi connectivity index (χ0) is 23.5. The van der Waals surface area contributed by atoms with Gasteiger partial charge in [0.1, 0.15) is 0 Å². The van der Waals surface area contributed by atoms with E-state index in [4.69, 9.17) is 14.6 Å². The van der Waals surface area contributed by atoms with Crippen LogP contribution in [0.5, 0.6) is 0 Å². The Morgan fingerprint density at radius 3 is 2.22 bits per heavy atom. The number of hydrogen-bond acceptors (Lipinski definition) is 4. The minimum absolute atomic E-state index is 0.176. The van der Waals surface area contributed by atoms with Gasteiger partial charge in [0.2, 0.25) is 0 Å². The molecule has 1 aromatic rings. The molecule has 0 aromatic heterocycles. The lowest BCUT2D eigenvalue weighted by Gasteiger charge is -2.41. The molecule has 1 aromatic carbocycles. The molecule has 1 amide bonds. The summed E-state index contributed by atoms with van der Waals surface area (Å²) in [4.78, 5) is 25.3. The second kappa shape index (κ2) is 10.2. The fourth-order valence-electron chi connectivity index (χ4n) is 4.81. The third-order valence-electron chi connectivity index (χ3n) is 6.74. The first-order valence-electron chi connectivity index (χ1n) is 11.0. The monoisotopic (exact) mass is 456 g/mol. The second-order valence-electron chi connectivity index (χ2n) is 9.23. The number of carbonyl (C=O) groups excluding carboxylic acids is 1. The van der Waals surface area contributed by atoms with E-state index in [1.165, 1.54) is 25.0 Å². The van der Waals surface area contributed by atoms with Gasteiger partial charge in [0, 0.05) is 31.3 Å². The molecule has 1 N–H and O–H groups in total. The summed E-state index contributed by atoms with van der Waals surface area (Å²) in [6.45, 7) is 1.92. The number of fused-ring (bicyclic) bond motifs is 1. The number of carboxylic acid groups (broad SMARTS) is 1. The molecule has 3 aliphatic rings. The van der Waals surface area contributed by atoms with Crippen molar-refractivity contribution in [1.29, 1.82) is 0 Å². The van der Waals surface area contributed by atoms with Crippen LogP contribution in [0, 0.1) is 17.8 Å². The number of halogens is 3. The highest BCUT2D eigenvalue weighted by Crippen LogP contribution is 2.40. The molecule has 6 nitrogen and oxygen atoms in total. The van der Waals surface area contributed by atoms with E-state index in [0.717, 1.165) is 37.5 Å². The zero-order valence-electron chi connectivity index (χ0n) is 18.4. The molecule has 4 atom stereocenters. The topological polar surface area (TPSA) is 70.1 Å². The van der Waals surface area contributed by atoms with Gasteiger partial charge in [-0.05, 0) is 81.8 Å². The highest BCUT2D eigenvalue weighted by atomic mass is 19.4. The van der Waals surface area contributed by atoms with E-state index in [1.807, 2.05) is 4.90 Å². The summed E-state index contributed by atoms with van der Waals surface area (Å²) < 4.78 is 44.6. The molecule has 1 saturated heterocycles. The van der Waals surface area contributed by atoms with Crippen LogP contribution in [-0.2, 0) is 15.7 Å². The maximum Gasteiger partial charge on any atom is 0.416 e. The largest absolute Gasteiger partial charge is 0.483 e. The van der Waals surface area contributed by atoms with Gasteiger partial charge < -0.3 is 19.6 Å². The number of carbonyl (C=O) groups is 2. The van der Waals surface area contributed by atoms with Gasteiger partial charge in [-0.25, -0.2) is 0 Å². The molecule has 4 rings (SSSR count). The Hall–Kier alpha value is -2.13.